The molecule has 0 radical (unpaired) electrons. The van der Waals surface area contributed by atoms with Crippen LogP contribution in [-0.4, -0.2) is 44.2 Å². The smallest absolute Gasteiger partial charge is 0.319 e. The van der Waals surface area contributed by atoms with E-state index in [-0.39, 0.29) is 12.6 Å². The second kappa shape index (κ2) is 7.49. The Kier molecular flexibility index (Phi) is 4.53. The number of hydrogen-bond acceptors (Lipinski definition) is 6. The first-order valence-electron chi connectivity index (χ1n) is 9.63. The van der Waals surface area contributed by atoms with E-state index in [2.05, 4.69) is 20.6 Å². The van der Waals surface area contributed by atoms with E-state index in [0.29, 0.717) is 24.2 Å². The molecule has 0 fully saturated rings. The minimum atomic E-state index is -0.330. The van der Waals surface area contributed by atoms with Gasteiger partial charge in [-0.05, 0) is 48.9 Å². The second-order valence-corrected chi connectivity index (χ2v) is 6.88. The van der Waals surface area contributed by atoms with Crippen LogP contribution in [0.5, 0.6) is 0 Å². The maximum atomic E-state index is 12.0. The Morgan fingerprint density at radius 1 is 0.867 bits per heavy atom. The maximum Gasteiger partial charge on any atom is 0.319 e. The normalized spacial score (nSPS) is 11.4. The second-order valence-electron chi connectivity index (χ2n) is 6.88. The molecule has 0 unspecified atom stereocenters. The van der Waals surface area contributed by atoms with E-state index >= 15 is 0 Å². The van der Waals surface area contributed by atoms with Gasteiger partial charge in [-0.25, -0.2) is 14.8 Å². The lowest BCUT2D eigenvalue weighted by Gasteiger charge is -2.10. The summed E-state index contributed by atoms with van der Waals surface area (Å²) in [6.45, 7) is 0.437. The molecule has 0 aliphatic carbocycles. The minimum Gasteiger partial charge on any atom is -0.396 e. The van der Waals surface area contributed by atoms with Crippen LogP contribution in [0.4, 0.5) is 10.5 Å². The molecule has 2 aromatic carbocycles. The fourth-order valence-corrected chi connectivity index (χ4v) is 3.53. The molecule has 2 amide bonds. The average Bonchev–Trinajstić information content (AvgIpc) is 2.78. The number of hydrogen-bond donors (Lipinski definition) is 3. The number of urea groups is 1. The molecule has 5 rings (SSSR count). The van der Waals surface area contributed by atoms with Gasteiger partial charge in [-0.1, -0.05) is 0 Å². The molecule has 3 heterocycles. The molecule has 0 saturated heterocycles. The number of anilines is 1. The zero-order valence-corrected chi connectivity index (χ0v) is 16.0. The van der Waals surface area contributed by atoms with Crippen molar-refractivity contribution in [3.63, 3.8) is 0 Å². The number of aliphatic hydroxyl groups is 1. The third-order valence-electron chi connectivity index (χ3n) is 4.89. The fraction of sp³-hybridized carbons (Fsp3) is 0.136. The molecule has 30 heavy (non-hydrogen) atoms. The van der Waals surface area contributed by atoms with E-state index in [0.717, 1.165) is 38.4 Å². The summed E-state index contributed by atoms with van der Waals surface area (Å²) in [5.41, 5.74) is 5.11. The molecule has 148 valence electrons. The summed E-state index contributed by atoms with van der Waals surface area (Å²) < 4.78 is 0. The van der Waals surface area contributed by atoms with Crippen LogP contribution in [0.1, 0.15) is 6.42 Å². The Morgan fingerprint density at radius 3 is 2.20 bits per heavy atom. The highest BCUT2D eigenvalue weighted by Gasteiger charge is 2.14. The predicted molar refractivity (Wildman–Crippen MR) is 116 cm³/mol. The highest BCUT2D eigenvalue weighted by molar-refractivity contribution is 6.21. The van der Waals surface area contributed by atoms with Crippen molar-refractivity contribution in [2.45, 2.75) is 6.42 Å². The molecule has 0 spiro atoms. The van der Waals surface area contributed by atoms with Crippen molar-refractivity contribution >= 4 is 55.6 Å². The van der Waals surface area contributed by atoms with Crippen LogP contribution >= 0.6 is 0 Å². The average molecular weight is 398 g/mol. The van der Waals surface area contributed by atoms with Crippen molar-refractivity contribution in [2.75, 3.05) is 18.5 Å². The highest BCUT2D eigenvalue weighted by atomic mass is 16.3. The van der Waals surface area contributed by atoms with Gasteiger partial charge in [0.2, 0.25) is 0 Å². The van der Waals surface area contributed by atoms with E-state index in [1.807, 2.05) is 30.3 Å². The Bertz CT molecular complexity index is 1420. The zero-order valence-electron chi connectivity index (χ0n) is 16.0. The van der Waals surface area contributed by atoms with Gasteiger partial charge in [0.25, 0.3) is 0 Å². The third-order valence-corrected chi connectivity index (χ3v) is 4.89. The molecular weight excluding hydrogens is 380 g/mol. The molecule has 3 N–H and O–H groups in total. The number of fused-ring (bicyclic) bond motifs is 7. The van der Waals surface area contributed by atoms with Gasteiger partial charge in [-0.2, -0.15) is 0 Å². The number of nitrogens with zero attached hydrogens (tertiary/aromatic N) is 4. The monoisotopic (exact) mass is 398 g/mol. The number of carbonyl (C=O) groups is 1. The lowest BCUT2D eigenvalue weighted by Crippen LogP contribution is -2.29. The highest BCUT2D eigenvalue weighted by Crippen LogP contribution is 2.32. The standard InChI is InChI=1S/C22H18N6O2/c29-11-3-10-25-22(30)26-13-6-7-16-17(12-13)28-21-15-5-2-9-24-19(15)18-14(20(21)27-16)4-1-8-23-18/h1-2,4-9,12,29H,3,10-11H2,(H2,25,26,30). The molecule has 8 heteroatoms. The largest absolute Gasteiger partial charge is 0.396 e. The van der Waals surface area contributed by atoms with Gasteiger partial charge in [0.05, 0.1) is 33.1 Å². The van der Waals surface area contributed by atoms with Crippen LogP contribution in [0.3, 0.4) is 0 Å². The van der Waals surface area contributed by atoms with Gasteiger partial charge in [0.1, 0.15) is 0 Å². The van der Waals surface area contributed by atoms with Gasteiger partial charge in [0, 0.05) is 42.0 Å². The quantitative estimate of drug-likeness (QED) is 0.243. The summed E-state index contributed by atoms with van der Waals surface area (Å²) in [5.74, 6) is 0. The van der Waals surface area contributed by atoms with Crippen molar-refractivity contribution in [3.05, 3.63) is 54.9 Å². The van der Waals surface area contributed by atoms with E-state index in [9.17, 15) is 4.79 Å². The number of nitrogens with one attached hydrogen (secondary N) is 2. The van der Waals surface area contributed by atoms with Crippen LogP contribution in [0.25, 0.3) is 43.9 Å². The Morgan fingerprint density at radius 2 is 1.53 bits per heavy atom. The summed E-state index contributed by atoms with van der Waals surface area (Å²) in [5, 5.41) is 16.1. The van der Waals surface area contributed by atoms with Gasteiger partial charge >= 0.3 is 6.03 Å². The van der Waals surface area contributed by atoms with Crippen LogP contribution < -0.4 is 10.6 Å². The summed E-state index contributed by atoms with van der Waals surface area (Å²) in [6.07, 6.45) is 4.00. The van der Waals surface area contributed by atoms with Gasteiger partial charge in [0.15, 0.2) is 0 Å². The van der Waals surface area contributed by atoms with E-state index in [4.69, 9.17) is 15.1 Å². The van der Waals surface area contributed by atoms with E-state index in [1.165, 1.54) is 0 Å². The predicted octanol–water partition coefficient (Wildman–Crippen LogP) is 3.38. The van der Waals surface area contributed by atoms with Crippen LogP contribution in [0, 0.1) is 0 Å². The van der Waals surface area contributed by atoms with E-state index < -0.39 is 0 Å². The first-order valence-corrected chi connectivity index (χ1v) is 9.63. The number of aliphatic hydroxyl groups excluding tert-OH is 1. The van der Waals surface area contributed by atoms with E-state index in [1.54, 1.807) is 24.5 Å². The van der Waals surface area contributed by atoms with Crippen molar-refractivity contribution in [2.24, 2.45) is 0 Å². The third kappa shape index (κ3) is 3.13. The SMILES string of the molecule is O=C(NCCCO)Nc1ccc2nc3c4cccnc4c4ncccc4c3nc2c1. The number of amides is 2. The van der Waals surface area contributed by atoms with Gasteiger partial charge in [-0.15, -0.1) is 0 Å². The molecule has 0 atom stereocenters. The molecule has 0 bridgehead atoms. The summed E-state index contributed by atoms with van der Waals surface area (Å²) >= 11 is 0. The summed E-state index contributed by atoms with van der Waals surface area (Å²) in [7, 11) is 0. The zero-order chi connectivity index (χ0) is 20.5. The lowest BCUT2D eigenvalue weighted by molar-refractivity contribution is 0.249. The molecule has 0 aliphatic rings. The Hall–Kier alpha value is -3.91. The Labute approximate surface area is 171 Å². The first-order chi connectivity index (χ1) is 14.7. The van der Waals surface area contributed by atoms with Crippen molar-refractivity contribution < 1.29 is 9.90 Å². The number of carbonyl (C=O) groups excluding carboxylic acids is 1. The van der Waals surface area contributed by atoms with Crippen LogP contribution in [0.2, 0.25) is 0 Å². The summed E-state index contributed by atoms with van der Waals surface area (Å²) in [4.78, 5) is 30.8. The van der Waals surface area contributed by atoms with Crippen LogP contribution in [-0.2, 0) is 0 Å². The van der Waals surface area contributed by atoms with Crippen LogP contribution in [0.15, 0.2) is 54.9 Å². The minimum absolute atomic E-state index is 0.0337. The van der Waals surface area contributed by atoms with Gasteiger partial charge < -0.3 is 15.7 Å². The molecule has 0 saturated carbocycles. The Balaban J connectivity index is 1.65. The molecule has 8 nitrogen and oxygen atoms in total. The molecule has 3 aromatic heterocycles. The van der Waals surface area contributed by atoms with Crippen molar-refractivity contribution in [1.29, 1.82) is 0 Å². The molecular formula is C22H18N6O2. The van der Waals surface area contributed by atoms with Gasteiger partial charge in [-0.3, -0.25) is 9.97 Å². The summed E-state index contributed by atoms with van der Waals surface area (Å²) in [6, 6.07) is 12.8. The van der Waals surface area contributed by atoms with Crippen molar-refractivity contribution in [1.82, 2.24) is 25.3 Å². The lowest BCUT2D eigenvalue weighted by atomic mass is 10.1. The fourth-order valence-electron chi connectivity index (χ4n) is 3.53. The maximum absolute atomic E-state index is 12.0. The molecule has 5 aromatic rings. The number of aromatic nitrogens is 4. The van der Waals surface area contributed by atoms with Crippen molar-refractivity contribution in [3.8, 4) is 0 Å². The number of benzene rings is 2. The number of pyridine rings is 2. The number of rotatable bonds is 4. The first kappa shape index (κ1) is 18.1. The molecule has 0 aliphatic heterocycles. The topological polar surface area (TPSA) is 113 Å².